The van der Waals surface area contributed by atoms with Crippen LogP contribution in [0, 0.1) is 12.8 Å². The van der Waals surface area contributed by atoms with E-state index in [1.165, 1.54) is 11.9 Å². The molecule has 4 heterocycles. The quantitative estimate of drug-likeness (QED) is 0.597. The summed E-state index contributed by atoms with van der Waals surface area (Å²) >= 11 is 0. The van der Waals surface area contributed by atoms with Gasteiger partial charge in [0, 0.05) is 51.5 Å². The number of anilines is 2. The molecule has 0 spiro atoms. The second-order valence-corrected chi connectivity index (χ2v) is 9.33. The summed E-state index contributed by atoms with van der Waals surface area (Å²) in [4.78, 5) is 28.9. The molecule has 2 aliphatic heterocycles. The predicted molar refractivity (Wildman–Crippen MR) is 132 cm³/mol. The molecule has 1 N–H and O–H groups in total. The summed E-state index contributed by atoms with van der Waals surface area (Å²) in [6, 6.07) is 8.29. The van der Waals surface area contributed by atoms with Crippen LogP contribution in [0.1, 0.15) is 31.0 Å². The van der Waals surface area contributed by atoms with Crippen molar-refractivity contribution in [2.24, 2.45) is 5.92 Å². The maximum atomic E-state index is 13.1. The minimum absolute atomic E-state index is 0.0560. The molecule has 0 radical (unpaired) electrons. The number of rotatable bonds is 6. The van der Waals surface area contributed by atoms with Gasteiger partial charge in [-0.1, -0.05) is 24.2 Å². The molecule has 0 aliphatic carbocycles. The third-order valence-electron chi connectivity index (χ3n) is 7.05. The molecule has 1 atom stereocenters. The number of hydrogen-bond donors (Lipinski definition) is 1. The van der Waals surface area contributed by atoms with Gasteiger partial charge in [-0.3, -0.25) is 9.69 Å². The lowest BCUT2D eigenvalue weighted by Gasteiger charge is -2.34. The van der Waals surface area contributed by atoms with E-state index in [9.17, 15) is 4.79 Å². The van der Waals surface area contributed by atoms with Crippen molar-refractivity contribution >= 4 is 28.5 Å². The van der Waals surface area contributed by atoms with E-state index in [2.05, 4.69) is 54.2 Å². The zero-order valence-electron chi connectivity index (χ0n) is 20.0. The van der Waals surface area contributed by atoms with Crippen LogP contribution in [0.4, 0.5) is 11.5 Å². The molecule has 1 aromatic carbocycles. The number of carbonyl (C=O) groups excluding carboxylic acids is 1. The Balaban J connectivity index is 1.18. The van der Waals surface area contributed by atoms with Crippen LogP contribution in [0.25, 0.3) is 11.1 Å². The van der Waals surface area contributed by atoms with Crippen molar-refractivity contribution in [2.45, 2.75) is 33.2 Å². The molecule has 1 amide bonds. The number of aromatic nitrogens is 3. The average molecular weight is 464 g/mol. The Morgan fingerprint density at radius 3 is 2.62 bits per heavy atom. The maximum Gasteiger partial charge on any atom is 0.263 e. The summed E-state index contributed by atoms with van der Waals surface area (Å²) in [5.41, 5.74) is 3.38. The van der Waals surface area contributed by atoms with Crippen LogP contribution in [0.5, 0.6) is 0 Å². The molecule has 2 fully saturated rings. The summed E-state index contributed by atoms with van der Waals surface area (Å²) in [6.45, 7) is 12.2. The molecular weight excluding hydrogens is 430 g/mol. The molecule has 1 unspecified atom stereocenters. The molecule has 0 bridgehead atoms. The van der Waals surface area contributed by atoms with Crippen LogP contribution in [0.3, 0.4) is 0 Å². The Kier molecular flexibility index (Phi) is 6.73. The highest BCUT2D eigenvalue weighted by Crippen LogP contribution is 2.30. The molecule has 9 nitrogen and oxygen atoms in total. The number of nitrogens with zero attached hydrogens (tertiary/aromatic N) is 6. The van der Waals surface area contributed by atoms with E-state index in [1.807, 2.05) is 19.1 Å². The fourth-order valence-corrected chi connectivity index (χ4v) is 4.99. The van der Waals surface area contributed by atoms with E-state index < -0.39 is 0 Å². The second-order valence-electron chi connectivity index (χ2n) is 9.33. The van der Waals surface area contributed by atoms with Crippen LogP contribution >= 0.6 is 0 Å². The summed E-state index contributed by atoms with van der Waals surface area (Å²) in [7, 11) is 0. The number of fused-ring (bicyclic) bond motifs is 1. The molecule has 5 rings (SSSR count). The number of nitrogens with one attached hydrogen (secondary N) is 1. The lowest BCUT2D eigenvalue weighted by Crippen LogP contribution is -2.45. The molecule has 2 aliphatic rings. The molecular formula is C25H33N7O2. The first kappa shape index (κ1) is 22.7. The van der Waals surface area contributed by atoms with Crippen LogP contribution in [0.2, 0.25) is 0 Å². The zero-order chi connectivity index (χ0) is 23.5. The Morgan fingerprint density at radius 2 is 1.85 bits per heavy atom. The molecule has 2 saturated heterocycles. The average Bonchev–Trinajstić information content (AvgIpc) is 3.26. The molecule has 34 heavy (non-hydrogen) atoms. The Bertz CT molecular complexity index is 1120. The van der Waals surface area contributed by atoms with Crippen LogP contribution in [0.15, 0.2) is 35.1 Å². The molecule has 9 heteroatoms. The SMILES string of the molecule is CCN1CCN(Cc2ccc(NC(=O)C3CCCN(c4ncnc5onc(C)c45)C3)cc2)CC1. The van der Waals surface area contributed by atoms with Gasteiger partial charge in [0.15, 0.2) is 0 Å². The van der Waals surface area contributed by atoms with Crippen molar-refractivity contribution in [3.8, 4) is 0 Å². The molecule has 180 valence electrons. The van der Waals surface area contributed by atoms with Crippen molar-refractivity contribution in [1.82, 2.24) is 24.9 Å². The Hall–Kier alpha value is -3.04. The highest BCUT2D eigenvalue weighted by atomic mass is 16.5. The van der Waals surface area contributed by atoms with Gasteiger partial charge in [-0.05, 0) is 44.0 Å². The Labute approximate surface area is 200 Å². The van der Waals surface area contributed by atoms with Crippen molar-refractivity contribution in [3.63, 3.8) is 0 Å². The number of amides is 1. The third kappa shape index (κ3) is 4.90. The number of hydrogen-bond acceptors (Lipinski definition) is 8. The number of piperazine rings is 1. The van der Waals surface area contributed by atoms with Gasteiger partial charge in [-0.15, -0.1) is 0 Å². The second kappa shape index (κ2) is 10.1. The normalized spacial score (nSPS) is 20.1. The minimum Gasteiger partial charge on any atom is -0.355 e. The first-order valence-electron chi connectivity index (χ1n) is 12.3. The lowest BCUT2D eigenvalue weighted by molar-refractivity contribution is -0.120. The highest BCUT2D eigenvalue weighted by molar-refractivity contribution is 5.93. The smallest absolute Gasteiger partial charge is 0.263 e. The standard InChI is InChI=1S/C25H33N7O2/c1-3-30-11-13-31(14-12-30)15-19-6-8-21(9-7-19)28-24(33)20-5-4-10-32(16-20)23-22-18(2)29-34-25(22)27-17-26-23/h6-9,17,20H,3-5,10-16H2,1-2H3,(H,28,33). The minimum atomic E-state index is -0.103. The van der Waals surface area contributed by atoms with Gasteiger partial charge in [-0.25, -0.2) is 4.98 Å². The summed E-state index contributed by atoms with van der Waals surface area (Å²) in [6.07, 6.45) is 3.29. The molecule has 2 aromatic heterocycles. The predicted octanol–water partition coefficient (Wildman–Crippen LogP) is 2.92. The number of piperidine rings is 1. The van der Waals surface area contributed by atoms with Crippen molar-refractivity contribution in [2.75, 3.05) is 56.0 Å². The van der Waals surface area contributed by atoms with E-state index in [0.717, 1.165) is 81.2 Å². The highest BCUT2D eigenvalue weighted by Gasteiger charge is 2.28. The third-order valence-corrected chi connectivity index (χ3v) is 7.05. The van der Waals surface area contributed by atoms with E-state index >= 15 is 0 Å². The fraction of sp³-hybridized carbons (Fsp3) is 0.520. The molecule has 3 aromatic rings. The summed E-state index contributed by atoms with van der Waals surface area (Å²) in [5.74, 6) is 0.749. The van der Waals surface area contributed by atoms with Gasteiger partial charge < -0.3 is 19.6 Å². The first-order chi connectivity index (χ1) is 16.6. The van der Waals surface area contributed by atoms with Gasteiger partial charge in [0.05, 0.1) is 11.6 Å². The van der Waals surface area contributed by atoms with E-state index in [0.29, 0.717) is 12.3 Å². The Morgan fingerprint density at radius 1 is 1.09 bits per heavy atom. The number of benzene rings is 1. The number of aryl methyl sites for hydroxylation is 1. The lowest BCUT2D eigenvalue weighted by atomic mass is 9.96. The number of likely N-dealkylation sites (N-methyl/N-ethyl adjacent to an activating group) is 1. The topological polar surface area (TPSA) is 90.6 Å². The number of carbonyl (C=O) groups is 1. The van der Waals surface area contributed by atoms with Gasteiger partial charge in [0.2, 0.25) is 5.91 Å². The summed E-state index contributed by atoms with van der Waals surface area (Å²) < 4.78 is 5.29. The molecule has 0 saturated carbocycles. The van der Waals surface area contributed by atoms with E-state index in [4.69, 9.17) is 4.52 Å². The van der Waals surface area contributed by atoms with Gasteiger partial charge in [0.25, 0.3) is 5.71 Å². The van der Waals surface area contributed by atoms with Crippen molar-refractivity contribution in [3.05, 3.63) is 41.9 Å². The zero-order valence-corrected chi connectivity index (χ0v) is 20.0. The monoisotopic (exact) mass is 463 g/mol. The van der Waals surface area contributed by atoms with E-state index in [-0.39, 0.29) is 11.8 Å². The van der Waals surface area contributed by atoms with Crippen LogP contribution in [-0.4, -0.2) is 76.6 Å². The largest absolute Gasteiger partial charge is 0.355 e. The van der Waals surface area contributed by atoms with Gasteiger partial charge in [-0.2, -0.15) is 4.98 Å². The summed E-state index contributed by atoms with van der Waals surface area (Å²) in [5, 5.41) is 7.97. The van der Waals surface area contributed by atoms with Crippen molar-refractivity contribution in [1.29, 1.82) is 0 Å². The van der Waals surface area contributed by atoms with E-state index in [1.54, 1.807) is 0 Å². The van der Waals surface area contributed by atoms with Gasteiger partial charge in [0.1, 0.15) is 17.5 Å². The van der Waals surface area contributed by atoms with Crippen LogP contribution in [-0.2, 0) is 11.3 Å². The maximum absolute atomic E-state index is 13.1. The van der Waals surface area contributed by atoms with Gasteiger partial charge >= 0.3 is 0 Å². The van der Waals surface area contributed by atoms with Crippen LogP contribution < -0.4 is 10.2 Å². The first-order valence-corrected chi connectivity index (χ1v) is 12.3. The van der Waals surface area contributed by atoms with Crippen molar-refractivity contribution < 1.29 is 9.32 Å². The fourth-order valence-electron chi connectivity index (χ4n) is 4.99.